The van der Waals surface area contributed by atoms with Gasteiger partial charge in [0.1, 0.15) is 5.69 Å². The normalized spacial score (nSPS) is 10.7. The highest BCUT2D eigenvalue weighted by Crippen LogP contribution is 2.26. The molecule has 3 aromatic carbocycles. The summed E-state index contributed by atoms with van der Waals surface area (Å²) >= 11 is 18.1. The first kappa shape index (κ1) is 25.5. The van der Waals surface area contributed by atoms with Crippen molar-refractivity contribution in [3.8, 4) is 0 Å². The van der Waals surface area contributed by atoms with Gasteiger partial charge in [-0.3, -0.25) is 9.78 Å². The molecule has 0 unspecified atom stereocenters. The predicted octanol–water partition coefficient (Wildman–Crippen LogP) is 7.35. The first-order chi connectivity index (χ1) is 17.2. The van der Waals surface area contributed by atoms with Crippen LogP contribution in [0.5, 0.6) is 0 Å². The first-order valence-corrected chi connectivity index (χ1v) is 11.9. The van der Waals surface area contributed by atoms with E-state index in [1.165, 1.54) is 6.07 Å². The van der Waals surface area contributed by atoms with E-state index in [1.807, 2.05) is 24.1 Å². The minimum Gasteiger partial charge on any atom is -0.478 e. The number of ketones is 1. The number of hydrogen-bond donors (Lipinski definition) is 2. The maximum Gasteiger partial charge on any atom is 0.337 e. The van der Waals surface area contributed by atoms with Gasteiger partial charge < -0.3 is 15.3 Å². The Morgan fingerprint density at radius 1 is 0.889 bits per heavy atom. The molecule has 0 amide bonds. The fourth-order valence-electron chi connectivity index (χ4n) is 3.55. The molecule has 2 N–H and O–H groups in total. The van der Waals surface area contributed by atoms with E-state index in [0.717, 1.165) is 16.9 Å². The summed E-state index contributed by atoms with van der Waals surface area (Å²) in [4.78, 5) is 31.2. The van der Waals surface area contributed by atoms with Crippen LogP contribution in [0.3, 0.4) is 0 Å². The number of hydrogen-bond acceptors (Lipinski definition) is 5. The second-order valence-electron chi connectivity index (χ2n) is 7.92. The van der Waals surface area contributed by atoms with Gasteiger partial charge in [-0.15, -0.1) is 0 Å². The summed E-state index contributed by atoms with van der Waals surface area (Å²) in [6.07, 6.45) is 1.59. The molecule has 0 aliphatic heterocycles. The van der Waals surface area contributed by atoms with Crippen LogP contribution in [0, 0.1) is 0 Å². The highest BCUT2D eigenvalue weighted by Gasteiger charge is 2.17. The van der Waals surface area contributed by atoms with Crippen molar-refractivity contribution < 1.29 is 14.7 Å². The number of halogens is 3. The molecule has 0 saturated heterocycles. The van der Waals surface area contributed by atoms with Gasteiger partial charge >= 0.3 is 5.97 Å². The number of carbonyl (C=O) groups is 2. The zero-order valence-electron chi connectivity index (χ0n) is 19.0. The summed E-state index contributed by atoms with van der Waals surface area (Å²) < 4.78 is 0. The molecule has 0 spiro atoms. The molecule has 0 bridgehead atoms. The van der Waals surface area contributed by atoms with Crippen molar-refractivity contribution >= 4 is 63.6 Å². The zero-order chi connectivity index (χ0) is 25.8. The van der Waals surface area contributed by atoms with Gasteiger partial charge in [0.2, 0.25) is 5.78 Å². The predicted molar refractivity (Wildman–Crippen MR) is 144 cm³/mol. The van der Waals surface area contributed by atoms with Gasteiger partial charge in [0.25, 0.3) is 0 Å². The van der Waals surface area contributed by atoms with Crippen molar-refractivity contribution in [3.63, 3.8) is 0 Å². The quantitative estimate of drug-likeness (QED) is 0.227. The second kappa shape index (κ2) is 11.0. The number of nitrogens with one attached hydrogen (secondary N) is 1. The molecule has 0 saturated carbocycles. The maximum absolute atomic E-state index is 13.0. The third-order valence-corrected chi connectivity index (χ3v) is 6.42. The molecular formula is C27H20Cl3N3O3. The molecule has 1 heterocycles. The molecule has 6 nitrogen and oxygen atoms in total. The molecule has 0 atom stereocenters. The van der Waals surface area contributed by atoms with Crippen LogP contribution in [-0.4, -0.2) is 28.9 Å². The Bertz CT molecular complexity index is 1420. The lowest BCUT2D eigenvalue weighted by atomic mass is 10.0. The summed E-state index contributed by atoms with van der Waals surface area (Å²) in [5.41, 5.74) is 3.19. The molecule has 0 fully saturated rings. The van der Waals surface area contributed by atoms with E-state index in [1.54, 1.807) is 60.8 Å². The van der Waals surface area contributed by atoms with Crippen molar-refractivity contribution in [2.75, 3.05) is 17.3 Å². The lowest BCUT2D eigenvalue weighted by Gasteiger charge is -2.19. The fraction of sp³-hybridized carbons (Fsp3) is 0.0741. The van der Waals surface area contributed by atoms with E-state index in [2.05, 4.69) is 10.3 Å². The van der Waals surface area contributed by atoms with Crippen LogP contribution in [0.25, 0.3) is 0 Å². The van der Waals surface area contributed by atoms with Crippen LogP contribution < -0.4 is 10.2 Å². The second-order valence-corrected chi connectivity index (χ2v) is 9.20. The third-order valence-electron chi connectivity index (χ3n) is 5.58. The minimum absolute atomic E-state index is 0.0370. The number of nitrogens with zero attached hydrogens (tertiary/aromatic N) is 2. The molecule has 4 rings (SSSR count). The highest BCUT2D eigenvalue weighted by atomic mass is 35.5. The van der Waals surface area contributed by atoms with Crippen molar-refractivity contribution in [3.05, 3.63) is 116 Å². The fourth-order valence-corrected chi connectivity index (χ4v) is 4.15. The highest BCUT2D eigenvalue weighted by molar-refractivity contribution is 6.35. The molecule has 4 aromatic rings. The van der Waals surface area contributed by atoms with Crippen LogP contribution in [-0.2, 0) is 6.54 Å². The van der Waals surface area contributed by atoms with Gasteiger partial charge in [-0.2, -0.15) is 0 Å². The number of carbonyl (C=O) groups excluding carboxylic acids is 1. The zero-order valence-corrected chi connectivity index (χ0v) is 21.3. The van der Waals surface area contributed by atoms with Crippen LogP contribution in [0.15, 0.2) is 79.0 Å². The molecule has 182 valence electrons. The molecule has 36 heavy (non-hydrogen) atoms. The summed E-state index contributed by atoms with van der Waals surface area (Å²) in [6.45, 7) is 0.285. The first-order valence-electron chi connectivity index (χ1n) is 10.8. The number of aromatic carboxylic acids is 1. The SMILES string of the molecule is CN(c1ccc(Cl)cc1)c1ccc(C(=O)c2ccc(NCc3ccc(Cl)cc3Cl)c(C(=O)O)c2)nc1. The summed E-state index contributed by atoms with van der Waals surface area (Å²) in [5, 5.41) is 14.4. The van der Waals surface area contributed by atoms with Gasteiger partial charge in [-0.1, -0.05) is 40.9 Å². The lowest BCUT2D eigenvalue weighted by molar-refractivity contribution is 0.0698. The summed E-state index contributed by atoms with van der Waals surface area (Å²) in [7, 11) is 1.88. The van der Waals surface area contributed by atoms with Gasteiger partial charge in [0.05, 0.1) is 17.4 Å². The van der Waals surface area contributed by atoms with E-state index < -0.39 is 5.97 Å². The monoisotopic (exact) mass is 539 g/mol. The largest absolute Gasteiger partial charge is 0.478 e. The van der Waals surface area contributed by atoms with E-state index >= 15 is 0 Å². The standard InChI is InChI=1S/C27H20Cl3N3O3/c1-33(20-7-5-18(28)6-8-20)21-9-11-25(32-15-21)26(34)16-3-10-24(22(12-16)27(35)36)31-14-17-2-4-19(29)13-23(17)30/h2-13,15,31H,14H2,1H3,(H,35,36). The van der Waals surface area contributed by atoms with Crippen LogP contribution in [0.2, 0.25) is 15.1 Å². The smallest absolute Gasteiger partial charge is 0.337 e. The number of carboxylic acid groups (broad SMARTS) is 1. The topological polar surface area (TPSA) is 82.5 Å². The molecule has 0 aliphatic carbocycles. The average molecular weight is 541 g/mol. The molecule has 9 heteroatoms. The van der Waals surface area contributed by atoms with Crippen molar-refractivity contribution in [2.45, 2.75) is 6.54 Å². The van der Waals surface area contributed by atoms with Gasteiger partial charge in [-0.05, 0) is 72.3 Å². The molecule has 0 radical (unpaired) electrons. The van der Waals surface area contributed by atoms with E-state index in [4.69, 9.17) is 34.8 Å². The van der Waals surface area contributed by atoms with Gasteiger partial charge in [-0.25, -0.2) is 4.79 Å². The number of aromatic nitrogens is 1. The van der Waals surface area contributed by atoms with Crippen LogP contribution in [0.1, 0.15) is 32.0 Å². The molecule has 0 aliphatic rings. The minimum atomic E-state index is -1.16. The maximum atomic E-state index is 13.0. The Balaban J connectivity index is 1.52. The number of pyridine rings is 1. The Kier molecular flexibility index (Phi) is 7.79. The van der Waals surface area contributed by atoms with E-state index in [-0.39, 0.29) is 29.1 Å². The Morgan fingerprint density at radius 3 is 2.22 bits per heavy atom. The van der Waals surface area contributed by atoms with E-state index in [9.17, 15) is 14.7 Å². The summed E-state index contributed by atoms with van der Waals surface area (Å²) in [6, 6.07) is 20.3. The number of benzene rings is 3. The van der Waals surface area contributed by atoms with Crippen molar-refractivity contribution in [1.82, 2.24) is 4.98 Å². The van der Waals surface area contributed by atoms with Crippen molar-refractivity contribution in [2.24, 2.45) is 0 Å². The van der Waals surface area contributed by atoms with Crippen LogP contribution in [0.4, 0.5) is 17.1 Å². The Hall–Kier alpha value is -3.58. The van der Waals surface area contributed by atoms with Gasteiger partial charge in [0.15, 0.2) is 0 Å². The number of anilines is 3. The molecular weight excluding hydrogens is 521 g/mol. The van der Waals surface area contributed by atoms with Crippen LogP contribution >= 0.6 is 34.8 Å². The van der Waals surface area contributed by atoms with E-state index in [0.29, 0.717) is 20.8 Å². The third kappa shape index (κ3) is 5.79. The number of rotatable bonds is 8. The summed E-state index contributed by atoms with van der Waals surface area (Å²) in [5.74, 6) is -1.55. The molecule has 1 aromatic heterocycles. The van der Waals surface area contributed by atoms with Gasteiger partial charge in [0, 0.05) is 45.6 Å². The Morgan fingerprint density at radius 2 is 1.58 bits per heavy atom. The number of carboxylic acids is 1. The lowest BCUT2D eigenvalue weighted by Crippen LogP contribution is -2.12. The Labute approximate surface area is 223 Å². The van der Waals surface area contributed by atoms with Crippen molar-refractivity contribution in [1.29, 1.82) is 0 Å². The average Bonchev–Trinajstić information content (AvgIpc) is 2.88.